The molecule has 8 nitrogen and oxygen atoms in total. The third-order valence-electron chi connectivity index (χ3n) is 2.80. The van der Waals surface area contributed by atoms with Gasteiger partial charge in [-0.2, -0.15) is 0 Å². The van der Waals surface area contributed by atoms with Crippen LogP contribution >= 0.6 is 0 Å². The lowest BCUT2D eigenvalue weighted by molar-refractivity contribution is 0.0691. The molecule has 0 aliphatic carbocycles. The summed E-state index contributed by atoms with van der Waals surface area (Å²) in [6.45, 7) is 0.0266. The van der Waals surface area contributed by atoms with E-state index in [0.29, 0.717) is 11.3 Å². The van der Waals surface area contributed by atoms with Crippen molar-refractivity contribution in [2.24, 2.45) is 0 Å². The smallest absolute Gasteiger partial charge is 0.358 e. The van der Waals surface area contributed by atoms with E-state index in [9.17, 15) is 13.2 Å². The van der Waals surface area contributed by atoms with E-state index >= 15 is 0 Å². The van der Waals surface area contributed by atoms with E-state index in [1.54, 1.807) is 24.3 Å². The Balaban J connectivity index is 2.47. The van der Waals surface area contributed by atoms with Crippen LogP contribution in [0.5, 0.6) is 0 Å². The van der Waals surface area contributed by atoms with Gasteiger partial charge in [0.05, 0.1) is 12.3 Å². The van der Waals surface area contributed by atoms with Crippen molar-refractivity contribution < 1.29 is 18.3 Å². The van der Waals surface area contributed by atoms with Crippen LogP contribution in [-0.2, 0) is 16.4 Å². The maximum absolute atomic E-state index is 11.2. The van der Waals surface area contributed by atoms with Gasteiger partial charge in [0, 0.05) is 17.5 Å². The van der Waals surface area contributed by atoms with E-state index in [0.717, 1.165) is 6.26 Å². The summed E-state index contributed by atoms with van der Waals surface area (Å²) in [5, 5.41) is 16.5. The minimum absolute atomic E-state index is 0.0266. The standard InChI is InChI=1S/C12H14N4O4S/c1-21(19,20)7-6-16-11(10(12(17)18)14-15-16)8-2-4-9(13)5-3-8/h2-5H,6-7,13H2,1H3,(H,17,18). The molecule has 0 unspecified atom stereocenters. The van der Waals surface area contributed by atoms with Gasteiger partial charge in [0.15, 0.2) is 5.69 Å². The van der Waals surface area contributed by atoms with Crippen molar-refractivity contribution in [2.75, 3.05) is 17.7 Å². The first-order valence-electron chi connectivity index (χ1n) is 5.98. The summed E-state index contributed by atoms with van der Waals surface area (Å²) >= 11 is 0. The largest absolute Gasteiger partial charge is 0.476 e. The van der Waals surface area contributed by atoms with E-state index < -0.39 is 15.8 Å². The van der Waals surface area contributed by atoms with Gasteiger partial charge in [0.1, 0.15) is 15.5 Å². The molecule has 0 amide bonds. The number of nitrogens with two attached hydrogens (primary N) is 1. The molecule has 112 valence electrons. The number of aromatic carboxylic acids is 1. The second kappa shape index (κ2) is 5.52. The van der Waals surface area contributed by atoms with Crippen molar-refractivity contribution >= 4 is 21.5 Å². The number of nitrogens with zero attached hydrogens (tertiary/aromatic N) is 3. The molecule has 0 radical (unpaired) electrons. The first kappa shape index (κ1) is 15.0. The molecule has 0 saturated heterocycles. The van der Waals surface area contributed by atoms with Gasteiger partial charge in [-0.1, -0.05) is 17.3 Å². The molecule has 21 heavy (non-hydrogen) atoms. The second-order valence-corrected chi connectivity index (χ2v) is 6.83. The Hall–Kier alpha value is -2.42. The number of rotatable bonds is 5. The number of benzene rings is 1. The van der Waals surface area contributed by atoms with Gasteiger partial charge in [-0.15, -0.1) is 5.10 Å². The lowest BCUT2D eigenvalue weighted by atomic mass is 10.1. The minimum Gasteiger partial charge on any atom is -0.476 e. The molecule has 0 aliphatic rings. The van der Waals surface area contributed by atoms with Crippen LogP contribution in [-0.4, -0.2) is 46.5 Å². The molecule has 0 fully saturated rings. The number of carbonyl (C=O) groups is 1. The Labute approximate surface area is 121 Å². The molecule has 1 aromatic carbocycles. The van der Waals surface area contributed by atoms with Crippen LogP contribution in [0.2, 0.25) is 0 Å². The van der Waals surface area contributed by atoms with Gasteiger partial charge in [-0.05, 0) is 12.1 Å². The van der Waals surface area contributed by atoms with E-state index in [-0.39, 0.29) is 23.7 Å². The molecule has 1 aromatic heterocycles. The second-order valence-electron chi connectivity index (χ2n) is 4.57. The van der Waals surface area contributed by atoms with Crippen molar-refractivity contribution in [1.29, 1.82) is 0 Å². The fraction of sp³-hybridized carbons (Fsp3) is 0.250. The topological polar surface area (TPSA) is 128 Å². The number of aryl methyl sites for hydroxylation is 1. The van der Waals surface area contributed by atoms with Gasteiger partial charge in [0.25, 0.3) is 0 Å². The first-order valence-corrected chi connectivity index (χ1v) is 8.04. The van der Waals surface area contributed by atoms with Crippen LogP contribution in [0.1, 0.15) is 10.5 Å². The van der Waals surface area contributed by atoms with Gasteiger partial charge in [-0.3, -0.25) is 0 Å². The Morgan fingerprint density at radius 3 is 2.48 bits per heavy atom. The Kier molecular flexibility index (Phi) is 3.94. The number of carboxylic acid groups (broad SMARTS) is 1. The number of hydrogen-bond donors (Lipinski definition) is 2. The molecule has 0 atom stereocenters. The highest BCUT2D eigenvalue weighted by Gasteiger charge is 2.21. The third-order valence-corrected chi connectivity index (χ3v) is 3.72. The monoisotopic (exact) mass is 310 g/mol. The highest BCUT2D eigenvalue weighted by Crippen LogP contribution is 2.23. The number of aromatic nitrogens is 3. The predicted molar refractivity (Wildman–Crippen MR) is 76.5 cm³/mol. The molecule has 3 N–H and O–H groups in total. The molecule has 0 aliphatic heterocycles. The van der Waals surface area contributed by atoms with Gasteiger partial charge in [-0.25, -0.2) is 17.9 Å². The van der Waals surface area contributed by atoms with Crippen molar-refractivity contribution in [1.82, 2.24) is 15.0 Å². The summed E-state index contributed by atoms with van der Waals surface area (Å²) in [6.07, 6.45) is 1.10. The Bertz CT molecular complexity index is 765. The van der Waals surface area contributed by atoms with Crippen molar-refractivity contribution in [3.63, 3.8) is 0 Å². The van der Waals surface area contributed by atoms with E-state index in [2.05, 4.69) is 10.3 Å². The van der Waals surface area contributed by atoms with Crippen molar-refractivity contribution in [3.8, 4) is 11.3 Å². The number of carboxylic acids is 1. The van der Waals surface area contributed by atoms with E-state index in [1.165, 1.54) is 4.68 Å². The minimum atomic E-state index is -3.20. The summed E-state index contributed by atoms with van der Waals surface area (Å²) in [4.78, 5) is 11.2. The number of hydrogen-bond acceptors (Lipinski definition) is 6. The first-order chi connectivity index (χ1) is 9.78. The van der Waals surface area contributed by atoms with Crippen LogP contribution < -0.4 is 5.73 Å². The van der Waals surface area contributed by atoms with Gasteiger partial charge < -0.3 is 10.8 Å². The lowest BCUT2D eigenvalue weighted by Crippen LogP contribution is -2.13. The molecule has 9 heteroatoms. The zero-order valence-electron chi connectivity index (χ0n) is 11.2. The molecule has 0 saturated carbocycles. The molecule has 2 aromatic rings. The van der Waals surface area contributed by atoms with Crippen LogP contribution in [0.4, 0.5) is 5.69 Å². The van der Waals surface area contributed by atoms with E-state index in [4.69, 9.17) is 10.8 Å². The highest BCUT2D eigenvalue weighted by atomic mass is 32.2. The molecular weight excluding hydrogens is 296 g/mol. The maximum atomic E-state index is 11.2. The fourth-order valence-corrected chi connectivity index (χ4v) is 2.30. The third kappa shape index (κ3) is 3.57. The SMILES string of the molecule is CS(=O)(=O)CCn1nnc(C(=O)O)c1-c1ccc(N)cc1. The van der Waals surface area contributed by atoms with Crippen LogP contribution in [0.3, 0.4) is 0 Å². The average molecular weight is 310 g/mol. The van der Waals surface area contributed by atoms with Crippen LogP contribution in [0.15, 0.2) is 24.3 Å². The summed E-state index contributed by atoms with van der Waals surface area (Å²) in [7, 11) is -3.20. The summed E-state index contributed by atoms with van der Waals surface area (Å²) < 4.78 is 23.8. The zero-order valence-corrected chi connectivity index (χ0v) is 12.0. The van der Waals surface area contributed by atoms with Gasteiger partial charge >= 0.3 is 5.97 Å². The quantitative estimate of drug-likeness (QED) is 0.758. The molecule has 0 bridgehead atoms. The molecule has 1 heterocycles. The molecule has 2 rings (SSSR count). The van der Waals surface area contributed by atoms with E-state index in [1.807, 2.05) is 0 Å². The van der Waals surface area contributed by atoms with Crippen molar-refractivity contribution in [2.45, 2.75) is 6.54 Å². The van der Waals surface area contributed by atoms with Gasteiger partial charge in [0.2, 0.25) is 0 Å². The summed E-state index contributed by atoms with van der Waals surface area (Å²) in [6, 6.07) is 6.51. The summed E-state index contributed by atoms with van der Waals surface area (Å²) in [5.74, 6) is -1.38. The lowest BCUT2D eigenvalue weighted by Gasteiger charge is -2.07. The maximum Gasteiger partial charge on any atom is 0.358 e. The molecular formula is C12H14N4O4S. The van der Waals surface area contributed by atoms with Crippen LogP contribution in [0, 0.1) is 0 Å². The number of nitrogen functional groups attached to an aromatic ring is 1. The predicted octanol–water partition coefficient (Wildman–Crippen LogP) is 0.270. The molecule has 0 spiro atoms. The normalized spacial score (nSPS) is 11.5. The Morgan fingerprint density at radius 1 is 1.33 bits per heavy atom. The number of anilines is 1. The fourth-order valence-electron chi connectivity index (χ4n) is 1.79. The highest BCUT2D eigenvalue weighted by molar-refractivity contribution is 7.90. The Morgan fingerprint density at radius 2 is 1.95 bits per heavy atom. The van der Waals surface area contributed by atoms with Crippen molar-refractivity contribution in [3.05, 3.63) is 30.0 Å². The number of sulfone groups is 1. The van der Waals surface area contributed by atoms with Crippen LogP contribution in [0.25, 0.3) is 11.3 Å². The average Bonchev–Trinajstić information content (AvgIpc) is 2.80. The zero-order chi connectivity index (χ0) is 15.6. The summed E-state index contributed by atoms with van der Waals surface area (Å²) in [5.41, 5.74) is 6.71.